The lowest BCUT2D eigenvalue weighted by atomic mass is 10.1. The van der Waals surface area contributed by atoms with Gasteiger partial charge in [0.2, 0.25) is 0 Å². The molecule has 1 aromatic heterocycles. The van der Waals surface area contributed by atoms with E-state index in [0.717, 1.165) is 17.5 Å². The van der Waals surface area contributed by atoms with Crippen molar-refractivity contribution in [1.82, 2.24) is 9.40 Å². The summed E-state index contributed by atoms with van der Waals surface area (Å²) in [6.07, 6.45) is 2.31. The normalized spacial score (nSPS) is 12.0. The number of hydrogen-bond acceptors (Lipinski definition) is 6. The number of hydrazone groups is 1. The number of carbonyl (C=O) groups is 1. The van der Waals surface area contributed by atoms with Gasteiger partial charge in [0.25, 0.3) is 21.6 Å². The summed E-state index contributed by atoms with van der Waals surface area (Å²) in [7, 11) is -3.89. The van der Waals surface area contributed by atoms with Crippen molar-refractivity contribution >= 4 is 38.2 Å². The van der Waals surface area contributed by atoms with Crippen LogP contribution < -0.4 is 5.43 Å². The summed E-state index contributed by atoms with van der Waals surface area (Å²) in [5, 5.41) is 15.6. The average molecular weight is 505 g/mol. The van der Waals surface area contributed by atoms with Crippen LogP contribution >= 0.6 is 0 Å². The average Bonchev–Trinajstić information content (AvgIpc) is 3.26. The number of amides is 1. The Kier molecular flexibility index (Phi) is 6.71. The predicted octanol–water partition coefficient (Wildman–Crippen LogP) is 4.81. The molecule has 0 fully saturated rings. The molecule has 0 spiro atoms. The molecule has 0 saturated carbocycles. The van der Waals surface area contributed by atoms with Crippen LogP contribution in [-0.2, 0) is 16.4 Å². The second-order valence-corrected chi connectivity index (χ2v) is 10.1. The minimum Gasteiger partial charge on any atom is -0.267 e. The first-order chi connectivity index (χ1) is 17.1. The minimum absolute atomic E-state index is 0.125. The highest BCUT2D eigenvalue weighted by Gasteiger charge is 2.22. The zero-order valence-corrected chi connectivity index (χ0v) is 20.7. The first-order valence-corrected chi connectivity index (χ1v) is 12.6. The molecule has 36 heavy (non-hydrogen) atoms. The van der Waals surface area contributed by atoms with Crippen molar-refractivity contribution in [2.75, 3.05) is 0 Å². The zero-order valence-electron chi connectivity index (χ0n) is 19.9. The van der Waals surface area contributed by atoms with Gasteiger partial charge in [-0.1, -0.05) is 31.2 Å². The lowest BCUT2D eigenvalue weighted by Gasteiger charge is -2.08. The number of nitrogens with one attached hydrogen (secondary N) is 1. The molecule has 0 radical (unpaired) electrons. The number of nitro benzene ring substituents is 1. The van der Waals surface area contributed by atoms with Crippen molar-refractivity contribution in [3.05, 3.63) is 105 Å². The van der Waals surface area contributed by atoms with Gasteiger partial charge in [0.05, 0.1) is 21.0 Å². The molecule has 4 rings (SSSR count). The van der Waals surface area contributed by atoms with Crippen LogP contribution in [0.25, 0.3) is 10.9 Å². The first-order valence-electron chi connectivity index (χ1n) is 11.2. The van der Waals surface area contributed by atoms with Crippen LogP contribution in [0.4, 0.5) is 5.69 Å². The summed E-state index contributed by atoms with van der Waals surface area (Å²) in [5.74, 6) is -0.549. The molecule has 4 aromatic rings. The summed E-state index contributed by atoms with van der Waals surface area (Å²) in [6.45, 7) is 5.54. The molecule has 184 valence electrons. The Morgan fingerprint density at radius 1 is 1.06 bits per heavy atom. The van der Waals surface area contributed by atoms with Gasteiger partial charge in [-0.15, -0.1) is 0 Å². The summed E-state index contributed by atoms with van der Waals surface area (Å²) in [5.41, 5.74) is 5.89. The van der Waals surface area contributed by atoms with Crippen LogP contribution in [0, 0.1) is 17.0 Å². The third-order valence-electron chi connectivity index (χ3n) is 5.87. The van der Waals surface area contributed by atoms with E-state index in [1.54, 1.807) is 37.3 Å². The summed E-state index contributed by atoms with van der Waals surface area (Å²) in [6, 6.07) is 17.4. The fourth-order valence-corrected chi connectivity index (χ4v) is 5.16. The van der Waals surface area contributed by atoms with Gasteiger partial charge in [-0.05, 0) is 61.7 Å². The molecule has 1 amide bonds. The van der Waals surface area contributed by atoms with E-state index < -0.39 is 20.9 Å². The summed E-state index contributed by atoms with van der Waals surface area (Å²) < 4.78 is 28.3. The van der Waals surface area contributed by atoms with Gasteiger partial charge in [0.1, 0.15) is 0 Å². The largest absolute Gasteiger partial charge is 0.271 e. The number of aryl methyl sites for hydroxylation is 2. The van der Waals surface area contributed by atoms with Crippen molar-refractivity contribution in [3.8, 4) is 0 Å². The molecule has 0 aliphatic carbocycles. The molecular formula is C26H24N4O5S. The molecule has 0 saturated heterocycles. The molecule has 10 heteroatoms. The van der Waals surface area contributed by atoms with Gasteiger partial charge >= 0.3 is 0 Å². The topological polar surface area (TPSA) is 124 Å². The third-order valence-corrected chi connectivity index (χ3v) is 7.56. The molecule has 9 nitrogen and oxygen atoms in total. The van der Waals surface area contributed by atoms with Gasteiger partial charge in [-0.3, -0.25) is 14.9 Å². The highest BCUT2D eigenvalue weighted by atomic mass is 32.2. The molecule has 0 aliphatic heterocycles. The van der Waals surface area contributed by atoms with Gasteiger partial charge in [-0.2, -0.15) is 5.10 Å². The fourth-order valence-electron chi connectivity index (χ4n) is 3.80. The Hall–Kier alpha value is -4.31. The predicted molar refractivity (Wildman–Crippen MR) is 138 cm³/mol. The third kappa shape index (κ3) is 4.76. The molecular weight excluding hydrogens is 480 g/mol. The van der Waals surface area contributed by atoms with Crippen molar-refractivity contribution < 1.29 is 18.1 Å². The summed E-state index contributed by atoms with van der Waals surface area (Å²) >= 11 is 0. The highest BCUT2D eigenvalue weighted by molar-refractivity contribution is 7.90. The van der Waals surface area contributed by atoms with Crippen LogP contribution in [-0.4, -0.2) is 28.9 Å². The molecule has 0 atom stereocenters. The number of rotatable bonds is 7. The van der Waals surface area contributed by atoms with Gasteiger partial charge in [0.15, 0.2) is 0 Å². The second-order valence-electron chi connectivity index (χ2n) is 8.30. The van der Waals surface area contributed by atoms with Crippen LogP contribution in [0.1, 0.15) is 40.9 Å². The van der Waals surface area contributed by atoms with Crippen molar-refractivity contribution in [2.24, 2.45) is 5.10 Å². The maximum absolute atomic E-state index is 13.5. The van der Waals surface area contributed by atoms with E-state index >= 15 is 0 Å². The molecule has 1 heterocycles. The Balaban J connectivity index is 1.70. The Bertz CT molecular complexity index is 1600. The van der Waals surface area contributed by atoms with E-state index in [1.807, 2.05) is 26.0 Å². The standard InChI is InChI=1S/C26H24N4O5S/c1-4-19-6-12-22(13-7-19)36(34,35)29-16-24(23-14-5-17(2)15-25(23)29)18(3)27-28-26(31)20-8-10-21(11-9-20)30(32)33/h5-16H,4H2,1-3H3,(H,28,31)/b27-18+. The minimum atomic E-state index is -3.89. The Morgan fingerprint density at radius 3 is 2.33 bits per heavy atom. The SMILES string of the molecule is CCc1ccc(S(=O)(=O)n2cc(/C(C)=N/NC(=O)c3ccc([N+](=O)[O-])cc3)c3ccc(C)cc32)cc1. The van der Waals surface area contributed by atoms with Crippen LogP contribution in [0.15, 0.2) is 82.9 Å². The zero-order chi connectivity index (χ0) is 26.0. The highest BCUT2D eigenvalue weighted by Crippen LogP contribution is 2.28. The summed E-state index contributed by atoms with van der Waals surface area (Å²) in [4.78, 5) is 22.9. The number of aromatic nitrogens is 1. The second kappa shape index (κ2) is 9.74. The lowest BCUT2D eigenvalue weighted by molar-refractivity contribution is -0.384. The van der Waals surface area contributed by atoms with E-state index in [9.17, 15) is 23.3 Å². The van der Waals surface area contributed by atoms with Gasteiger partial charge in [-0.25, -0.2) is 17.8 Å². The number of benzene rings is 3. The Labute approximate surface area is 208 Å². The van der Waals surface area contributed by atoms with Gasteiger partial charge < -0.3 is 0 Å². The van der Waals surface area contributed by atoms with Crippen LogP contribution in [0.3, 0.4) is 0 Å². The smallest absolute Gasteiger partial charge is 0.267 e. The number of fused-ring (bicyclic) bond motifs is 1. The fraction of sp³-hybridized carbons (Fsp3) is 0.154. The van der Waals surface area contributed by atoms with Gasteiger partial charge in [0, 0.05) is 34.8 Å². The van der Waals surface area contributed by atoms with E-state index in [4.69, 9.17) is 0 Å². The maximum atomic E-state index is 13.5. The monoisotopic (exact) mass is 504 g/mol. The number of carbonyl (C=O) groups excluding carboxylic acids is 1. The quantitative estimate of drug-likeness (QED) is 0.220. The van der Waals surface area contributed by atoms with E-state index in [1.165, 1.54) is 34.4 Å². The first kappa shape index (κ1) is 24.8. The molecule has 3 aromatic carbocycles. The van der Waals surface area contributed by atoms with E-state index in [0.29, 0.717) is 22.2 Å². The number of nitro groups is 1. The van der Waals surface area contributed by atoms with E-state index in [2.05, 4.69) is 10.5 Å². The number of nitrogens with zero attached hydrogens (tertiary/aromatic N) is 3. The Morgan fingerprint density at radius 2 is 1.72 bits per heavy atom. The van der Waals surface area contributed by atoms with Crippen molar-refractivity contribution in [2.45, 2.75) is 32.1 Å². The van der Waals surface area contributed by atoms with Crippen molar-refractivity contribution in [3.63, 3.8) is 0 Å². The molecule has 0 bridgehead atoms. The van der Waals surface area contributed by atoms with Crippen LogP contribution in [0.2, 0.25) is 0 Å². The number of non-ortho nitro benzene ring substituents is 1. The van der Waals surface area contributed by atoms with E-state index in [-0.39, 0.29) is 16.1 Å². The number of hydrogen-bond donors (Lipinski definition) is 1. The maximum Gasteiger partial charge on any atom is 0.271 e. The van der Waals surface area contributed by atoms with Crippen molar-refractivity contribution in [1.29, 1.82) is 0 Å². The molecule has 0 aliphatic rings. The molecule has 1 N–H and O–H groups in total. The molecule has 0 unspecified atom stereocenters. The van der Waals surface area contributed by atoms with Crippen LogP contribution in [0.5, 0.6) is 0 Å². The lowest BCUT2D eigenvalue weighted by Crippen LogP contribution is -2.19.